The Morgan fingerprint density at radius 3 is 2.30 bits per heavy atom. The molecule has 0 aliphatic rings. The fourth-order valence-corrected chi connectivity index (χ4v) is 4.10. The molecule has 0 radical (unpaired) electrons. The number of ether oxygens (including phenoxy) is 1. The predicted molar refractivity (Wildman–Crippen MR) is 127 cm³/mol. The Hall–Kier alpha value is -4.92. The maximum atomic E-state index is 14.3. The largest absolute Gasteiger partial charge is 0.497 e. The van der Waals surface area contributed by atoms with Crippen LogP contribution in [0.2, 0.25) is 0 Å². The number of halogens is 3. The Balaban J connectivity index is 2.06. The summed E-state index contributed by atoms with van der Waals surface area (Å²) in [6.07, 6.45) is -4.96. The average Bonchev–Trinajstić information content (AvgIpc) is 3.18. The molecule has 2 amide bonds. The molecule has 2 heterocycles. The zero-order valence-electron chi connectivity index (χ0n) is 19.6. The lowest BCUT2D eigenvalue weighted by Crippen LogP contribution is -2.21. The molecule has 9 nitrogen and oxygen atoms in total. The lowest BCUT2D eigenvalue weighted by molar-refractivity contribution is -0.141. The van der Waals surface area contributed by atoms with Gasteiger partial charge < -0.3 is 16.2 Å². The highest BCUT2D eigenvalue weighted by atomic mass is 19.4. The van der Waals surface area contributed by atoms with Gasteiger partial charge in [-0.1, -0.05) is 12.1 Å². The number of amides is 2. The highest BCUT2D eigenvalue weighted by Crippen LogP contribution is 2.42. The van der Waals surface area contributed by atoms with Crippen LogP contribution in [0.3, 0.4) is 0 Å². The number of alkyl halides is 3. The summed E-state index contributed by atoms with van der Waals surface area (Å²) in [5, 5.41) is 12.9. The molecular weight excluding hydrogens is 489 g/mol. The molecule has 4 aromatic rings. The van der Waals surface area contributed by atoms with Crippen molar-refractivity contribution in [2.75, 3.05) is 7.11 Å². The minimum absolute atomic E-state index is 0.00338. The number of carbonyl (C=O) groups excluding carboxylic acids is 2. The SMILES string of the molecule is COc1ccc2c(C(N)=O)c(-c3c(C(F)(F)F)nn(Cc4ccc(C#N)cc4)c3C)c(C(N)=O)nc2c1. The number of carbonyl (C=O) groups is 2. The van der Waals surface area contributed by atoms with Crippen LogP contribution in [0, 0.1) is 18.3 Å². The van der Waals surface area contributed by atoms with Crippen LogP contribution in [0.4, 0.5) is 13.2 Å². The van der Waals surface area contributed by atoms with Gasteiger partial charge in [-0.2, -0.15) is 23.5 Å². The highest BCUT2D eigenvalue weighted by molar-refractivity contribution is 6.15. The number of hydrogen-bond donors (Lipinski definition) is 2. The Labute approximate surface area is 208 Å². The summed E-state index contributed by atoms with van der Waals surface area (Å²) in [5.74, 6) is -1.90. The quantitative estimate of drug-likeness (QED) is 0.407. The van der Waals surface area contributed by atoms with E-state index >= 15 is 0 Å². The third kappa shape index (κ3) is 4.54. The zero-order chi connectivity index (χ0) is 27.1. The predicted octanol–water partition coefficient (Wildman–Crippen LogP) is 3.55. The molecule has 0 saturated carbocycles. The van der Waals surface area contributed by atoms with Crippen molar-refractivity contribution in [1.82, 2.24) is 14.8 Å². The molecular formula is C25H19F3N6O3. The van der Waals surface area contributed by atoms with Gasteiger partial charge in [-0.05, 0) is 36.8 Å². The standard InChI is InChI=1S/C25H19F3N6O3/c1-12-18(22(25(26,27)28)33-34(12)11-14-5-3-13(10-29)4-6-14)20-19(23(30)35)16-8-7-15(37-2)9-17(16)32-21(20)24(31)36/h3-9H,11H2,1-2H3,(H2,30,35)(H2,31,36). The van der Waals surface area contributed by atoms with Gasteiger partial charge in [-0.3, -0.25) is 14.3 Å². The van der Waals surface area contributed by atoms with Crippen LogP contribution in [0.25, 0.3) is 22.0 Å². The third-order valence-corrected chi connectivity index (χ3v) is 5.81. The molecule has 0 aliphatic carbocycles. The van der Waals surface area contributed by atoms with E-state index in [1.165, 1.54) is 44.4 Å². The van der Waals surface area contributed by atoms with Gasteiger partial charge in [0.25, 0.3) is 5.91 Å². The number of hydrogen-bond acceptors (Lipinski definition) is 6. The maximum Gasteiger partial charge on any atom is 0.435 e. The van der Waals surface area contributed by atoms with Crippen LogP contribution in [0.5, 0.6) is 5.75 Å². The number of aromatic nitrogens is 3. The van der Waals surface area contributed by atoms with Crippen LogP contribution in [0.15, 0.2) is 42.5 Å². The molecule has 37 heavy (non-hydrogen) atoms. The van der Waals surface area contributed by atoms with Crippen molar-refractivity contribution in [3.05, 3.63) is 76.2 Å². The van der Waals surface area contributed by atoms with Crippen molar-refractivity contribution < 1.29 is 27.5 Å². The lowest BCUT2D eigenvalue weighted by atomic mass is 9.92. The number of methoxy groups -OCH3 is 1. The van der Waals surface area contributed by atoms with E-state index in [4.69, 9.17) is 21.5 Å². The first-order valence-electron chi connectivity index (χ1n) is 10.7. The number of rotatable bonds is 6. The summed E-state index contributed by atoms with van der Waals surface area (Å²) in [5.41, 5.74) is 8.96. The second-order valence-corrected chi connectivity index (χ2v) is 8.10. The van der Waals surface area contributed by atoms with E-state index < -0.39 is 40.5 Å². The second-order valence-electron chi connectivity index (χ2n) is 8.10. The van der Waals surface area contributed by atoms with Crippen molar-refractivity contribution in [3.63, 3.8) is 0 Å². The van der Waals surface area contributed by atoms with E-state index in [0.29, 0.717) is 16.9 Å². The van der Waals surface area contributed by atoms with Crippen molar-refractivity contribution in [2.24, 2.45) is 11.5 Å². The molecule has 0 aliphatic heterocycles. The van der Waals surface area contributed by atoms with Gasteiger partial charge >= 0.3 is 6.18 Å². The molecule has 4 rings (SSSR count). The van der Waals surface area contributed by atoms with Crippen molar-refractivity contribution in [1.29, 1.82) is 5.26 Å². The molecule has 0 unspecified atom stereocenters. The Bertz CT molecular complexity index is 1600. The van der Waals surface area contributed by atoms with E-state index in [2.05, 4.69) is 10.1 Å². The van der Waals surface area contributed by atoms with E-state index in [-0.39, 0.29) is 28.7 Å². The molecule has 4 N–H and O–H groups in total. The fourth-order valence-electron chi connectivity index (χ4n) is 4.10. The van der Waals surface area contributed by atoms with E-state index in [1.54, 1.807) is 12.1 Å². The van der Waals surface area contributed by atoms with E-state index in [9.17, 15) is 22.8 Å². The molecule has 0 bridgehead atoms. The first-order valence-corrected chi connectivity index (χ1v) is 10.7. The van der Waals surface area contributed by atoms with Gasteiger partial charge in [0.1, 0.15) is 11.4 Å². The number of benzene rings is 2. The minimum Gasteiger partial charge on any atom is -0.497 e. The lowest BCUT2D eigenvalue weighted by Gasteiger charge is -2.16. The number of nitrogens with two attached hydrogens (primary N) is 2. The van der Waals surface area contributed by atoms with Crippen LogP contribution in [-0.4, -0.2) is 33.7 Å². The monoisotopic (exact) mass is 508 g/mol. The Morgan fingerprint density at radius 1 is 1.08 bits per heavy atom. The van der Waals surface area contributed by atoms with Gasteiger partial charge in [0.2, 0.25) is 5.91 Å². The number of pyridine rings is 1. The number of primary amides is 2. The molecule has 2 aromatic carbocycles. The molecule has 0 fully saturated rings. The molecule has 12 heteroatoms. The third-order valence-electron chi connectivity index (χ3n) is 5.81. The van der Waals surface area contributed by atoms with Crippen molar-refractivity contribution >= 4 is 22.7 Å². The van der Waals surface area contributed by atoms with Gasteiger partial charge in [-0.25, -0.2) is 4.98 Å². The van der Waals surface area contributed by atoms with Gasteiger partial charge in [-0.15, -0.1) is 0 Å². The van der Waals surface area contributed by atoms with Gasteiger partial charge in [0.15, 0.2) is 5.69 Å². The summed E-state index contributed by atoms with van der Waals surface area (Å²) in [4.78, 5) is 29.3. The second kappa shape index (κ2) is 9.27. The molecule has 188 valence electrons. The van der Waals surface area contributed by atoms with Crippen molar-refractivity contribution in [2.45, 2.75) is 19.6 Å². The van der Waals surface area contributed by atoms with Crippen LogP contribution in [-0.2, 0) is 12.7 Å². The van der Waals surface area contributed by atoms with E-state index in [1.807, 2.05) is 6.07 Å². The number of nitriles is 1. The summed E-state index contributed by atoms with van der Waals surface area (Å²) in [6.45, 7) is 1.28. The first-order chi connectivity index (χ1) is 17.5. The molecule has 2 aromatic heterocycles. The Kier molecular flexibility index (Phi) is 6.31. The molecule has 0 spiro atoms. The Morgan fingerprint density at radius 2 is 1.76 bits per heavy atom. The van der Waals surface area contributed by atoms with Crippen molar-refractivity contribution in [3.8, 4) is 22.9 Å². The van der Waals surface area contributed by atoms with Crippen LogP contribution >= 0.6 is 0 Å². The van der Waals surface area contributed by atoms with E-state index in [0.717, 1.165) is 4.68 Å². The first kappa shape index (κ1) is 25.2. The van der Waals surface area contributed by atoms with Crippen LogP contribution < -0.4 is 16.2 Å². The smallest absolute Gasteiger partial charge is 0.435 e. The zero-order valence-corrected chi connectivity index (χ0v) is 19.6. The summed E-state index contributed by atoms with van der Waals surface area (Å²) in [7, 11) is 1.39. The van der Waals surface area contributed by atoms with Gasteiger partial charge in [0, 0.05) is 28.3 Å². The van der Waals surface area contributed by atoms with Crippen LogP contribution in [0.1, 0.15) is 43.4 Å². The fraction of sp³-hybridized carbons (Fsp3) is 0.160. The summed E-state index contributed by atoms with van der Waals surface area (Å²) >= 11 is 0. The maximum absolute atomic E-state index is 14.3. The highest BCUT2D eigenvalue weighted by Gasteiger charge is 2.41. The number of fused-ring (bicyclic) bond motifs is 1. The molecule has 0 saturated heterocycles. The molecule has 0 atom stereocenters. The normalized spacial score (nSPS) is 11.4. The van der Waals surface area contributed by atoms with Gasteiger partial charge in [0.05, 0.1) is 36.4 Å². The number of nitrogens with zero attached hydrogens (tertiary/aromatic N) is 4. The summed E-state index contributed by atoms with van der Waals surface area (Å²) in [6, 6.07) is 12.5. The average molecular weight is 508 g/mol. The minimum atomic E-state index is -4.96. The topological polar surface area (TPSA) is 150 Å². The summed E-state index contributed by atoms with van der Waals surface area (Å²) < 4.78 is 49.0.